The number of carboxylic acid groups (broad SMARTS) is 1. The van der Waals surface area contributed by atoms with Gasteiger partial charge in [-0.25, -0.2) is 4.79 Å². The van der Waals surface area contributed by atoms with Crippen LogP contribution in [0.15, 0.2) is 36.4 Å². The zero-order valence-electron chi connectivity index (χ0n) is 14.2. The van der Waals surface area contributed by atoms with Gasteiger partial charge in [-0.15, -0.1) is 0 Å². The number of carbonyl (C=O) groups is 3. The van der Waals surface area contributed by atoms with E-state index in [1.54, 1.807) is 38.1 Å². The number of esters is 1. The lowest BCUT2D eigenvalue weighted by molar-refractivity contribution is -0.321. The second-order valence-corrected chi connectivity index (χ2v) is 6.73. The molecule has 2 aliphatic carbocycles. The molecule has 0 spiro atoms. The van der Waals surface area contributed by atoms with Crippen molar-refractivity contribution < 1.29 is 24.2 Å². The Hall–Kier alpha value is -2.63. The number of ether oxygens (including phenoxy) is 1. The van der Waals surface area contributed by atoms with Crippen LogP contribution < -0.4 is 10.4 Å². The second-order valence-electron chi connectivity index (χ2n) is 6.73. The first-order valence-corrected chi connectivity index (χ1v) is 8.35. The largest absolute Gasteiger partial charge is 0.550 e. The van der Waals surface area contributed by atoms with Gasteiger partial charge in [0.15, 0.2) is 0 Å². The molecule has 1 N–H and O–H groups in total. The minimum atomic E-state index is -1.20. The molecule has 0 unspecified atom stereocenters. The number of hydrogen-bond donors (Lipinski definition) is 1. The molecule has 4 atom stereocenters. The summed E-state index contributed by atoms with van der Waals surface area (Å²) >= 11 is 0. The first-order valence-electron chi connectivity index (χ1n) is 8.35. The van der Waals surface area contributed by atoms with Crippen molar-refractivity contribution in [1.82, 2.24) is 0 Å². The molecule has 3 rings (SSSR count). The normalized spacial score (nSPS) is 29.4. The molecule has 2 aliphatic rings. The highest BCUT2D eigenvalue weighted by molar-refractivity contribution is 5.98. The van der Waals surface area contributed by atoms with E-state index in [2.05, 4.69) is 5.32 Å². The van der Waals surface area contributed by atoms with Gasteiger partial charge < -0.3 is 20.0 Å². The van der Waals surface area contributed by atoms with Gasteiger partial charge in [0.1, 0.15) is 0 Å². The molecular formula is C19H20NO5-. The third-order valence-electron chi connectivity index (χ3n) is 5.35. The van der Waals surface area contributed by atoms with Gasteiger partial charge in [-0.2, -0.15) is 0 Å². The van der Waals surface area contributed by atoms with Crippen LogP contribution in [0.1, 0.15) is 30.6 Å². The van der Waals surface area contributed by atoms with Crippen LogP contribution in [0.25, 0.3) is 0 Å². The van der Waals surface area contributed by atoms with Crippen molar-refractivity contribution in [2.24, 2.45) is 23.2 Å². The van der Waals surface area contributed by atoms with Crippen LogP contribution in [0, 0.1) is 23.2 Å². The predicted octanol–water partition coefficient (Wildman–Crippen LogP) is 1.38. The highest BCUT2D eigenvalue weighted by Crippen LogP contribution is 2.56. The molecule has 0 heterocycles. The summed E-state index contributed by atoms with van der Waals surface area (Å²) in [6.07, 6.45) is 4.45. The molecule has 6 heteroatoms. The predicted molar refractivity (Wildman–Crippen MR) is 88.4 cm³/mol. The summed E-state index contributed by atoms with van der Waals surface area (Å²) in [7, 11) is 0. The van der Waals surface area contributed by atoms with Crippen LogP contribution in [-0.4, -0.2) is 24.5 Å². The van der Waals surface area contributed by atoms with E-state index in [1.165, 1.54) is 0 Å². The van der Waals surface area contributed by atoms with E-state index in [0.29, 0.717) is 17.7 Å². The summed E-state index contributed by atoms with van der Waals surface area (Å²) in [5, 5.41) is 14.4. The maximum absolute atomic E-state index is 12.7. The van der Waals surface area contributed by atoms with Crippen molar-refractivity contribution in [3.63, 3.8) is 0 Å². The standard InChI is InChI=1S/C19H21NO5/c1-3-25-17(22)11-5-8-14(9-6-11)20-16(21)15-12-4-7-13(10-12)19(15,2)18(23)24/h4-9,12-13,15H,3,10H2,1-2H3,(H,20,21)(H,23,24)/p-1/t12-,13-,15-,19+/m0/s1. The maximum Gasteiger partial charge on any atom is 0.338 e. The third kappa shape index (κ3) is 2.81. The van der Waals surface area contributed by atoms with Gasteiger partial charge in [-0.1, -0.05) is 19.1 Å². The molecule has 1 amide bonds. The minimum Gasteiger partial charge on any atom is -0.550 e. The monoisotopic (exact) mass is 342 g/mol. The van der Waals surface area contributed by atoms with Crippen molar-refractivity contribution >= 4 is 23.5 Å². The fourth-order valence-electron chi connectivity index (χ4n) is 3.96. The number of aliphatic carboxylic acids is 1. The number of hydrogen-bond acceptors (Lipinski definition) is 5. The summed E-state index contributed by atoms with van der Waals surface area (Å²) in [5.41, 5.74) is -0.304. The van der Waals surface area contributed by atoms with Crippen molar-refractivity contribution in [1.29, 1.82) is 0 Å². The van der Waals surface area contributed by atoms with Gasteiger partial charge in [0.25, 0.3) is 0 Å². The average Bonchev–Trinajstić information content (AvgIpc) is 3.15. The lowest BCUT2D eigenvalue weighted by Gasteiger charge is -2.38. The zero-order chi connectivity index (χ0) is 18.2. The lowest BCUT2D eigenvalue weighted by Crippen LogP contribution is -2.51. The van der Waals surface area contributed by atoms with E-state index in [4.69, 9.17) is 4.74 Å². The quantitative estimate of drug-likeness (QED) is 0.644. The number of carbonyl (C=O) groups excluding carboxylic acids is 3. The van der Waals surface area contributed by atoms with Crippen molar-refractivity contribution in [3.05, 3.63) is 42.0 Å². The summed E-state index contributed by atoms with van der Waals surface area (Å²) in [6, 6.07) is 6.33. The van der Waals surface area contributed by atoms with Gasteiger partial charge in [0.2, 0.25) is 5.91 Å². The van der Waals surface area contributed by atoms with Gasteiger partial charge in [-0.05, 0) is 49.4 Å². The Morgan fingerprint density at radius 2 is 1.92 bits per heavy atom. The van der Waals surface area contributed by atoms with E-state index in [0.717, 1.165) is 0 Å². The molecule has 0 aromatic heterocycles. The van der Waals surface area contributed by atoms with Crippen LogP contribution in [0.5, 0.6) is 0 Å². The number of allylic oxidation sites excluding steroid dienone is 2. The lowest BCUT2D eigenvalue weighted by atomic mass is 9.69. The number of fused-ring (bicyclic) bond motifs is 2. The molecule has 132 valence electrons. The Labute approximate surface area is 145 Å². The second kappa shape index (κ2) is 6.35. The molecule has 2 bridgehead atoms. The molecule has 1 aromatic carbocycles. The van der Waals surface area contributed by atoms with E-state index in [-0.39, 0.29) is 24.3 Å². The van der Waals surface area contributed by atoms with Gasteiger partial charge in [-0.3, -0.25) is 4.79 Å². The third-order valence-corrected chi connectivity index (χ3v) is 5.35. The molecule has 1 saturated carbocycles. The molecule has 0 radical (unpaired) electrons. The SMILES string of the molecule is CCOC(=O)c1ccc(NC(=O)[C@@H]2[C@H]3C=C[C@@H](C3)[C@@]2(C)C(=O)[O-])cc1. The number of carboxylic acids is 1. The zero-order valence-corrected chi connectivity index (χ0v) is 14.2. The fourth-order valence-corrected chi connectivity index (χ4v) is 3.96. The number of anilines is 1. The Bertz CT molecular complexity index is 739. The molecular weight excluding hydrogens is 322 g/mol. The van der Waals surface area contributed by atoms with E-state index in [1.807, 2.05) is 12.2 Å². The molecule has 1 fully saturated rings. The molecule has 6 nitrogen and oxygen atoms in total. The van der Waals surface area contributed by atoms with E-state index >= 15 is 0 Å². The van der Waals surface area contributed by atoms with Crippen LogP contribution in [0.3, 0.4) is 0 Å². The Kier molecular flexibility index (Phi) is 4.37. The molecule has 25 heavy (non-hydrogen) atoms. The van der Waals surface area contributed by atoms with Crippen LogP contribution >= 0.6 is 0 Å². The summed E-state index contributed by atoms with van der Waals surface area (Å²) in [6.45, 7) is 3.60. The molecule has 0 aliphatic heterocycles. The van der Waals surface area contributed by atoms with Crippen LogP contribution in [0.4, 0.5) is 5.69 Å². The van der Waals surface area contributed by atoms with Crippen molar-refractivity contribution in [2.45, 2.75) is 20.3 Å². The average molecular weight is 342 g/mol. The minimum absolute atomic E-state index is 0.0910. The Morgan fingerprint density at radius 3 is 2.52 bits per heavy atom. The summed E-state index contributed by atoms with van der Waals surface area (Å²) in [4.78, 5) is 36.0. The topological polar surface area (TPSA) is 95.5 Å². The number of benzene rings is 1. The first-order chi connectivity index (χ1) is 11.9. The number of rotatable bonds is 5. The fraction of sp³-hybridized carbons (Fsp3) is 0.421. The highest BCUT2D eigenvalue weighted by atomic mass is 16.5. The Morgan fingerprint density at radius 1 is 1.24 bits per heavy atom. The van der Waals surface area contributed by atoms with Gasteiger partial charge >= 0.3 is 5.97 Å². The van der Waals surface area contributed by atoms with Crippen LogP contribution in [0.2, 0.25) is 0 Å². The number of nitrogens with one attached hydrogen (secondary N) is 1. The number of amides is 1. The highest BCUT2D eigenvalue weighted by Gasteiger charge is 2.57. The van der Waals surface area contributed by atoms with Crippen molar-refractivity contribution in [3.8, 4) is 0 Å². The molecule has 1 aromatic rings. The van der Waals surface area contributed by atoms with Crippen molar-refractivity contribution in [2.75, 3.05) is 11.9 Å². The van der Waals surface area contributed by atoms with E-state index < -0.39 is 23.3 Å². The van der Waals surface area contributed by atoms with Gasteiger partial charge in [0.05, 0.1) is 18.1 Å². The Balaban J connectivity index is 1.75. The maximum atomic E-state index is 12.7. The van der Waals surface area contributed by atoms with Crippen LogP contribution in [-0.2, 0) is 14.3 Å². The summed E-state index contributed by atoms with van der Waals surface area (Å²) < 4.78 is 4.91. The summed E-state index contributed by atoms with van der Waals surface area (Å²) in [5.74, 6) is -2.90. The first kappa shape index (κ1) is 17.2. The molecule has 0 saturated heterocycles. The smallest absolute Gasteiger partial charge is 0.338 e. The van der Waals surface area contributed by atoms with E-state index in [9.17, 15) is 19.5 Å². The van der Waals surface area contributed by atoms with Gasteiger partial charge in [0, 0.05) is 17.1 Å².